The zero-order valence-corrected chi connectivity index (χ0v) is 24.7. The van der Waals surface area contributed by atoms with E-state index in [0.717, 1.165) is 18.4 Å². The fourth-order valence-electron chi connectivity index (χ4n) is 6.01. The van der Waals surface area contributed by atoms with Gasteiger partial charge in [-0.3, -0.25) is 9.59 Å². The van der Waals surface area contributed by atoms with E-state index in [1.165, 1.54) is 29.2 Å². The lowest BCUT2D eigenvalue weighted by Gasteiger charge is -2.35. The summed E-state index contributed by atoms with van der Waals surface area (Å²) in [4.78, 5) is 45.0. The van der Waals surface area contributed by atoms with Gasteiger partial charge in [0.15, 0.2) is 0 Å². The third kappa shape index (κ3) is 6.32. The van der Waals surface area contributed by atoms with Crippen LogP contribution >= 0.6 is 23.2 Å². The number of hydrogen-bond acceptors (Lipinski definition) is 5. The zero-order chi connectivity index (χ0) is 29.3. The van der Waals surface area contributed by atoms with Crippen LogP contribution in [0.2, 0.25) is 10.0 Å². The number of halogens is 3. The molecule has 41 heavy (non-hydrogen) atoms. The first-order valence-electron chi connectivity index (χ1n) is 13.8. The second kappa shape index (κ2) is 12.2. The van der Waals surface area contributed by atoms with Crippen LogP contribution < -0.4 is 4.74 Å². The molecule has 2 atom stereocenters. The molecule has 2 unspecified atom stereocenters. The van der Waals surface area contributed by atoms with Crippen LogP contribution in [0.5, 0.6) is 5.75 Å². The number of benzene rings is 2. The molecule has 3 amide bonds. The zero-order valence-electron chi connectivity index (χ0n) is 23.2. The number of amides is 3. The lowest BCUT2D eigenvalue weighted by Crippen LogP contribution is -2.47. The van der Waals surface area contributed by atoms with Gasteiger partial charge in [0, 0.05) is 52.2 Å². The van der Waals surface area contributed by atoms with Crippen molar-refractivity contribution in [3.8, 4) is 5.75 Å². The lowest BCUT2D eigenvalue weighted by atomic mass is 9.93. The Hall–Kier alpha value is -2.88. The largest absolute Gasteiger partial charge is 0.415 e. The van der Waals surface area contributed by atoms with Gasteiger partial charge >= 0.3 is 6.09 Å². The van der Waals surface area contributed by atoms with E-state index < -0.39 is 18.0 Å². The highest BCUT2D eigenvalue weighted by atomic mass is 35.5. The molecule has 3 aliphatic rings. The van der Waals surface area contributed by atoms with Gasteiger partial charge in [0.25, 0.3) is 0 Å². The standard InChI is InChI=1S/C30H34Cl2FN3O5/c1-34(29(39)41-22-6-4-21(33)5-7-22)26-17-36(16-23(26)20-3-8-24(31)25(32)15-20)27(37)19-9-13-35(14-10-19)28(38)30(11-12-30)18-40-2/h3-8,15,19,23,26H,9-14,16-18H2,1-2H3. The number of ether oxygens (including phenoxy) is 2. The number of carbonyl (C=O) groups excluding carboxylic acids is 3. The fourth-order valence-corrected chi connectivity index (χ4v) is 6.32. The van der Waals surface area contributed by atoms with Gasteiger partial charge in [-0.1, -0.05) is 29.3 Å². The molecule has 220 valence electrons. The number of hydrogen-bond donors (Lipinski definition) is 0. The molecule has 0 radical (unpaired) electrons. The average Bonchev–Trinajstić information content (AvgIpc) is 3.63. The maximum atomic E-state index is 13.7. The molecule has 8 nitrogen and oxygen atoms in total. The molecule has 2 aromatic rings. The smallest absolute Gasteiger partial charge is 0.410 e. The fraction of sp³-hybridized carbons (Fsp3) is 0.500. The summed E-state index contributed by atoms with van der Waals surface area (Å²) < 4.78 is 24.1. The van der Waals surface area contributed by atoms with Gasteiger partial charge in [-0.15, -0.1) is 0 Å². The Balaban J connectivity index is 1.28. The Labute approximate surface area is 249 Å². The van der Waals surface area contributed by atoms with Gasteiger partial charge in [-0.2, -0.15) is 0 Å². The summed E-state index contributed by atoms with van der Waals surface area (Å²) in [5.74, 6) is -0.498. The molecule has 2 aliphatic heterocycles. The SMILES string of the molecule is COCC1(C(=O)N2CCC(C(=O)N3CC(c4ccc(Cl)c(Cl)c4)C(N(C)C(=O)Oc4ccc(F)cc4)C3)CC2)CC1. The van der Waals surface area contributed by atoms with E-state index in [4.69, 9.17) is 32.7 Å². The molecule has 0 N–H and O–H groups in total. The average molecular weight is 607 g/mol. The minimum Gasteiger partial charge on any atom is -0.410 e. The molecule has 2 saturated heterocycles. The minimum absolute atomic E-state index is 0.0167. The normalized spacial score (nSPS) is 22.0. The van der Waals surface area contributed by atoms with Crippen molar-refractivity contribution < 1.29 is 28.2 Å². The molecule has 0 spiro atoms. The van der Waals surface area contributed by atoms with Gasteiger partial charge < -0.3 is 24.2 Å². The van der Waals surface area contributed by atoms with Crippen LogP contribution in [0.25, 0.3) is 0 Å². The summed E-state index contributed by atoms with van der Waals surface area (Å²) in [5.41, 5.74) is 0.475. The second-order valence-corrected chi connectivity index (χ2v) is 12.1. The van der Waals surface area contributed by atoms with Crippen molar-refractivity contribution in [1.29, 1.82) is 0 Å². The molecule has 3 fully saturated rings. The minimum atomic E-state index is -0.613. The monoisotopic (exact) mass is 605 g/mol. The molecule has 11 heteroatoms. The first-order chi connectivity index (χ1) is 19.6. The van der Waals surface area contributed by atoms with Crippen LogP contribution in [-0.4, -0.2) is 85.6 Å². The van der Waals surface area contributed by atoms with E-state index in [-0.39, 0.29) is 34.8 Å². The molecule has 2 aromatic carbocycles. The van der Waals surface area contributed by atoms with E-state index in [9.17, 15) is 18.8 Å². The van der Waals surface area contributed by atoms with E-state index in [2.05, 4.69) is 0 Å². The van der Waals surface area contributed by atoms with Crippen LogP contribution in [0.4, 0.5) is 9.18 Å². The number of likely N-dealkylation sites (N-methyl/N-ethyl adjacent to an activating group) is 1. The molecule has 5 rings (SSSR count). The Bertz CT molecular complexity index is 1300. The third-order valence-electron chi connectivity index (χ3n) is 8.64. The molecule has 0 bridgehead atoms. The molecule has 1 aliphatic carbocycles. The van der Waals surface area contributed by atoms with Gasteiger partial charge in [0.05, 0.1) is 28.1 Å². The number of methoxy groups -OCH3 is 1. The Morgan fingerprint density at radius 1 is 1.00 bits per heavy atom. The second-order valence-electron chi connectivity index (χ2n) is 11.3. The van der Waals surface area contributed by atoms with Crippen molar-refractivity contribution in [3.05, 3.63) is 63.9 Å². The number of carbonyl (C=O) groups is 3. The first-order valence-corrected chi connectivity index (χ1v) is 14.6. The predicted octanol–water partition coefficient (Wildman–Crippen LogP) is 5.22. The highest BCUT2D eigenvalue weighted by Gasteiger charge is 2.52. The van der Waals surface area contributed by atoms with Crippen molar-refractivity contribution in [2.24, 2.45) is 11.3 Å². The maximum Gasteiger partial charge on any atom is 0.415 e. The molecule has 2 heterocycles. The molecular weight excluding hydrogens is 572 g/mol. The van der Waals surface area contributed by atoms with Gasteiger partial charge in [-0.25, -0.2) is 9.18 Å². The van der Waals surface area contributed by atoms with Crippen LogP contribution in [-0.2, 0) is 14.3 Å². The third-order valence-corrected chi connectivity index (χ3v) is 9.38. The van der Waals surface area contributed by atoms with E-state index in [1.54, 1.807) is 31.2 Å². The number of likely N-dealkylation sites (tertiary alicyclic amines) is 2. The topological polar surface area (TPSA) is 79.4 Å². The first kappa shape index (κ1) is 29.6. The van der Waals surface area contributed by atoms with Gasteiger partial charge in [0.1, 0.15) is 11.6 Å². The van der Waals surface area contributed by atoms with E-state index >= 15 is 0 Å². The van der Waals surface area contributed by atoms with Crippen LogP contribution in [0.3, 0.4) is 0 Å². The summed E-state index contributed by atoms with van der Waals surface area (Å²) in [6.45, 7) is 2.23. The quantitative estimate of drug-likeness (QED) is 0.432. The van der Waals surface area contributed by atoms with Crippen LogP contribution in [0.15, 0.2) is 42.5 Å². The number of nitrogens with zero attached hydrogens (tertiary/aromatic N) is 3. The molecule has 0 aromatic heterocycles. The summed E-state index contributed by atoms with van der Waals surface area (Å²) >= 11 is 12.5. The summed E-state index contributed by atoms with van der Waals surface area (Å²) in [6, 6.07) is 10.2. The van der Waals surface area contributed by atoms with Crippen LogP contribution in [0, 0.1) is 17.2 Å². The highest BCUT2D eigenvalue weighted by molar-refractivity contribution is 6.42. The van der Waals surface area contributed by atoms with E-state index in [1.807, 2.05) is 11.0 Å². The number of piperidine rings is 1. The van der Waals surface area contributed by atoms with Crippen molar-refractivity contribution in [2.75, 3.05) is 46.9 Å². The van der Waals surface area contributed by atoms with Crippen molar-refractivity contribution in [2.45, 2.75) is 37.6 Å². The van der Waals surface area contributed by atoms with E-state index in [0.29, 0.717) is 55.7 Å². The predicted molar refractivity (Wildman–Crippen MR) is 153 cm³/mol. The van der Waals surface area contributed by atoms with Crippen molar-refractivity contribution in [3.63, 3.8) is 0 Å². The summed E-state index contributed by atoms with van der Waals surface area (Å²) in [7, 11) is 3.25. The van der Waals surface area contributed by atoms with Crippen molar-refractivity contribution in [1.82, 2.24) is 14.7 Å². The summed E-state index contributed by atoms with van der Waals surface area (Å²) in [5, 5.41) is 0.810. The highest BCUT2D eigenvalue weighted by Crippen LogP contribution is 2.48. The summed E-state index contributed by atoms with van der Waals surface area (Å²) in [6.07, 6.45) is 2.27. The maximum absolute atomic E-state index is 13.7. The van der Waals surface area contributed by atoms with Crippen molar-refractivity contribution >= 4 is 41.1 Å². The Morgan fingerprint density at radius 3 is 2.29 bits per heavy atom. The van der Waals surface area contributed by atoms with Gasteiger partial charge in [0.2, 0.25) is 11.8 Å². The lowest BCUT2D eigenvalue weighted by molar-refractivity contribution is -0.144. The Kier molecular flexibility index (Phi) is 8.78. The van der Waals surface area contributed by atoms with Gasteiger partial charge in [-0.05, 0) is 67.6 Å². The number of rotatable bonds is 7. The Morgan fingerprint density at radius 2 is 1.68 bits per heavy atom. The molecular formula is C30H34Cl2FN3O5. The molecule has 1 saturated carbocycles. The van der Waals surface area contributed by atoms with Crippen LogP contribution in [0.1, 0.15) is 37.2 Å².